The number of methoxy groups -OCH3 is 1. The largest absolute Gasteiger partial charge is 0.493 e. The van der Waals surface area contributed by atoms with Crippen LogP contribution in [0.4, 0.5) is 0 Å². The van der Waals surface area contributed by atoms with Gasteiger partial charge in [0.05, 0.1) is 19.1 Å². The molecule has 0 radical (unpaired) electrons. The van der Waals surface area contributed by atoms with Gasteiger partial charge in [-0.2, -0.15) is 5.06 Å². The van der Waals surface area contributed by atoms with Gasteiger partial charge in [-0.3, -0.25) is 19.3 Å². The third-order valence-corrected chi connectivity index (χ3v) is 5.29. The van der Waals surface area contributed by atoms with Crippen LogP contribution in [-0.4, -0.2) is 49.1 Å². The SMILES string of the molecule is COc1cc([C@@H]2[C@@H]3C(=O)N(C)C(=O)[C@@H]3ON2C)ccc1OCc1ccccc1. The first-order valence-electron chi connectivity index (χ1n) is 9.07. The van der Waals surface area contributed by atoms with Gasteiger partial charge in [0, 0.05) is 14.1 Å². The molecule has 7 heteroatoms. The average Bonchev–Trinajstić information content (AvgIpc) is 3.16. The minimum Gasteiger partial charge on any atom is -0.493 e. The van der Waals surface area contributed by atoms with Crippen LogP contribution in [0.15, 0.2) is 48.5 Å². The van der Waals surface area contributed by atoms with Gasteiger partial charge in [-0.25, -0.2) is 0 Å². The molecule has 3 atom stereocenters. The molecule has 2 heterocycles. The Morgan fingerprint density at radius 2 is 1.75 bits per heavy atom. The van der Waals surface area contributed by atoms with E-state index >= 15 is 0 Å². The molecule has 2 amide bonds. The highest BCUT2D eigenvalue weighted by Gasteiger charge is 2.57. The van der Waals surface area contributed by atoms with E-state index in [2.05, 4.69) is 0 Å². The predicted molar refractivity (Wildman–Crippen MR) is 100 cm³/mol. The highest BCUT2D eigenvalue weighted by molar-refractivity contribution is 6.07. The van der Waals surface area contributed by atoms with E-state index in [0.29, 0.717) is 18.1 Å². The smallest absolute Gasteiger partial charge is 0.261 e. The van der Waals surface area contributed by atoms with Crippen LogP contribution >= 0.6 is 0 Å². The second kappa shape index (κ2) is 7.26. The molecule has 2 aromatic rings. The Morgan fingerprint density at radius 3 is 2.46 bits per heavy atom. The van der Waals surface area contributed by atoms with E-state index < -0.39 is 12.0 Å². The number of ether oxygens (including phenoxy) is 2. The summed E-state index contributed by atoms with van der Waals surface area (Å²) < 4.78 is 11.4. The van der Waals surface area contributed by atoms with Crippen molar-refractivity contribution in [1.29, 1.82) is 0 Å². The van der Waals surface area contributed by atoms with Crippen molar-refractivity contribution in [2.24, 2.45) is 5.92 Å². The summed E-state index contributed by atoms with van der Waals surface area (Å²) in [5, 5.41) is 1.58. The first kappa shape index (κ1) is 18.5. The molecule has 2 aliphatic heterocycles. The Kier molecular flexibility index (Phi) is 4.78. The van der Waals surface area contributed by atoms with Crippen molar-refractivity contribution in [2.75, 3.05) is 21.2 Å². The molecule has 2 aliphatic rings. The van der Waals surface area contributed by atoms with E-state index in [4.69, 9.17) is 14.3 Å². The Hall–Kier alpha value is -2.90. The maximum absolute atomic E-state index is 12.5. The van der Waals surface area contributed by atoms with Crippen molar-refractivity contribution in [3.63, 3.8) is 0 Å². The third kappa shape index (κ3) is 3.02. The van der Waals surface area contributed by atoms with Crippen LogP contribution in [0.2, 0.25) is 0 Å². The molecular weight excluding hydrogens is 360 g/mol. The lowest BCUT2D eigenvalue weighted by Crippen LogP contribution is -2.33. The Morgan fingerprint density at radius 1 is 1.00 bits per heavy atom. The van der Waals surface area contributed by atoms with Gasteiger partial charge in [0.25, 0.3) is 5.91 Å². The number of amides is 2. The standard InChI is InChI=1S/C21H22N2O5/c1-22-20(24)17-18(23(2)28-19(17)21(22)25)14-9-10-15(16(11-14)26-3)27-12-13-7-5-4-6-8-13/h4-11,17-19H,12H2,1-3H3/t17-,18+,19+/m0/s1. The molecule has 0 spiro atoms. The summed E-state index contributed by atoms with van der Waals surface area (Å²) in [4.78, 5) is 31.6. The minimum absolute atomic E-state index is 0.229. The summed E-state index contributed by atoms with van der Waals surface area (Å²) in [7, 11) is 4.80. The maximum atomic E-state index is 12.5. The van der Waals surface area contributed by atoms with E-state index in [1.54, 1.807) is 19.2 Å². The number of hydrogen-bond donors (Lipinski definition) is 0. The Bertz CT molecular complexity index is 901. The van der Waals surface area contributed by atoms with Gasteiger partial charge < -0.3 is 9.47 Å². The second-order valence-electron chi connectivity index (χ2n) is 6.96. The van der Waals surface area contributed by atoms with Gasteiger partial charge >= 0.3 is 0 Å². The predicted octanol–water partition coefficient (Wildman–Crippen LogP) is 2.18. The molecule has 0 aromatic heterocycles. The zero-order valence-electron chi connectivity index (χ0n) is 16.0. The summed E-state index contributed by atoms with van der Waals surface area (Å²) in [6.45, 7) is 0.422. The van der Waals surface area contributed by atoms with Crippen molar-refractivity contribution in [1.82, 2.24) is 9.96 Å². The Balaban J connectivity index is 1.59. The van der Waals surface area contributed by atoms with Crippen LogP contribution < -0.4 is 9.47 Å². The molecule has 0 unspecified atom stereocenters. The first-order valence-corrected chi connectivity index (χ1v) is 9.07. The van der Waals surface area contributed by atoms with Gasteiger partial charge in [0.2, 0.25) is 5.91 Å². The molecule has 2 saturated heterocycles. The molecule has 0 N–H and O–H groups in total. The molecule has 0 saturated carbocycles. The number of benzene rings is 2. The fourth-order valence-corrected chi connectivity index (χ4v) is 3.83. The topological polar surface area (TPSA) is 68.3 Å². The lowest BCUT2D eigenvalue weighted by Gasteiger charge is -2.23. The normalized spacial score (nSPS) is 24.5. The quantitative estimate of drug-likeness (QED) is 0.739. The summed E-state index contributed by atoms with van der Waals surface area (Å²) in [5.74, 6) is 0.0738. The average molecular weight is 382 g/mol. The minimum atomic E-state index is -0.771. The van der Waals surface area contributed by atoms with E-state index in [0.717, 1.165) is 16.0 Å². The Labute approximate surface area is 163 Å². The number of hydrogen-bond acceptors (Lipinski definition) is 6. The fourth-order valence-electron chi connectivity index (χ4n) is 3.83. The molecule has 0 bridgehead atoms. The van der Waals surface area contributed by atoms with Gasteiger partial charge in [0.15, 0.2) is 17.6 Å². The zero-order chi connectivity index (χ0) is 19.8. The number of carbonyl (C=O) groups is 2. The van der Waals surface area contributed by atoms with Crippen LogP contribution in [0.5, 0.6) is 11.5 Å². The third-order valence-electron chi connectivity index (χ3n) is 5.29. The molecule has 28 heavy (non-hydrogen) atoms. The lowest BCUT2D eigenvalue weighted by molar-refractivity contribution is -0.168. The van der Waals surface area contributed by atoms with Crippen LogP contribution in [0.3, 0.4) is 0 Å². The molecular formula is C21H22N2O5. The van der Waals surface area contributed by atoms with E-state index in [9.17, 15) is 9.59 Å². The number of fused-ring (bicyclic) bond motifs is 1. The summed E-state index contributed by atoms with van der Waals surface area (Å²) in [5.41, 5.74) is 1.88. The van der Waals surface area contributed by atoms with E-state index in [-0.39, 0.29) is 17.9 Å². The number of carbonyl (C=O) groups excluding carboxylic acids is 2. The van der Waals surface area contributed by atoms with Crippen molar-refractivity contribution in [3.05, 3.63) is 59.7 Å². The highest BCUT2D eigenvalue weighted by Crippen LogP contribution is 2.44. The van der Waals surface area contributed by atoms with Gasteiger partial charge in [0.1, 0.15) is 6.61 Å². The number of likely N-dealkylation sites (tertiary alicyclic amines) is 1. The van der Waals surface area contributed by atoms with Crippen molar-refractivity contribution in [2.45, 2.75) is 18.8 Å². The van der Waals surface area contributed by atoms with Gasteiger partial charge in [-0.15, -0.1) is 0 Å². The first-order chi connectivity index (χ1) is 13.5. The van der Waals surface area contributed by atoms with Crippen LogP contribution in [0, 0.1) is 5.92 Å². The number of rotatable bonds is 5. The van der Waals surface area contributed by atoms with Gasteiger partial charge in [-0.1, -0.05) is 36.4 Å². The lowest BCUT2D eigenvalue weighted by atomic mass is 9.91. The number of nitrogens with zero attached hydrogens (tertiary/aromatic N) is 2. The van der Waals surface area contributed by atoms with Crippen molar-refractivity contribution < 1.29 is 23.9 Å². The number of hydroxylamine groups is 2. The number of imide groups is 1. The second-order valence-corrected chi connectivity index (χ2v) is 6.96. The van der Waals surface area contributed by atoms with Crippen molar-refractivity contribution in [3.8, 4) is 11.5 Å². The molecule has 2 fully saturated rings. The summed E-state index contributed by atoms with van der Waals surface area (Å²) in [6, 6.07) is 15.0. The number of likely N-dealkylation sites (N-methyl/N-ethyl adjacent to an activating group) is 1. The van der Waals surface area contributed by atoms with Gasteiger partial charge in [-0.05, 0) is 23.3 Å². The highest BCUT2D eigenvalue weighted by atomic mass is 16.7. The molecule has 0 aliphatic carbocycles. The van der Waals surface area contributed by atoms with E-state index in [1.165, 1.54) is 7.05 Å². The monoisotopic (exact) mass is 382 g/mol. The molecule has 4 rings (SSSR count). The van der Waals surface area contributed by atoms with Crippen LogP contribution in [0.25, 0.3) is 0 Å². The fraction of sp³-hybridized carbons (Fsp3) is 0.333. The van der Waals surface area contributed by atoms with E-state index in [1.807, 2.05) is 48.5 Å². The molecule has 146 valence electrons. The summed E-state index contributed by atoms with van der Waals surface area (Å²) >= 11 is 0. The molecule has 7 nitrogen and oxygen atoms in total. The van der Waals surface area contributed by atoms with Crippen molar-refractivity contribution >= 4 is 11.8 Å². The molecule has 2 aromatic carbocycles. The van der Waals surface area contributed by atoms with Crippen LogP contribution in [0.1, 0.15) is 17.2 Å². The summed E-state index contributed by atoms with van der Waals surface area (Å²) in [6.07, 6.45) is -0.771. The van der Waals surface area contributed by atoms with Crippen LogP contribution in [-0.2, 0) is 21.0 Å². The maximum Gasteiger partial charge on any atom is 0.261 e. The zero-order valence-corrected chi connectivity index (χ0v) is 16.0.